The Labute approximate surface area is 164 Å². The molecule has 1 aliphatic rings. The van der Waals surface area contributed by atoms with E-state index >= 15 is 0 Å². The predicted molar refractivity (Wildman–Crippen MR) is 101 cm³/mol. The van der Waals surface area contributed by atoms with Gasteiger partial charge in [0.2, 0.25) is 5.75 Å². The average Bonchev–Trinajstić information content (AvgIpc) is 2.69. The Kier molecular flexibility index (Phi) is 6.88. The van der Waals surface area contributed by atoms with Gasteiger partial charge in [-0.2, -0.15) is 5.26 Å². The molecule has 8 nitrogen and oxygen atoms in total. The van der Waals surface area contributed by atoms with Crippen LogP contribution < -0.4 is 19.5 Å². The Morgan fingerprint density at radius 1 is 1.36 bits per heavy atom. The molecule has 0 aliphatic carbocycles. The van der Waals surface area contributed by atoms with Crippen LogP contribution in [-0.4, -0.2) is 44.3 Å². The summed E-state index contributed by atoms with van der Waals surface area (Å²) in [5.41, 5.74) is -0.375. The molecule has 1 heterocycles. The van der Waals surface area contributed by atoms with Crippen LogP contribution in [0, 0.1) is 17.2 Å². The van der Waals surface area contributed by atoms with Crippen LogP contribution in [0.25, 0.3) is 6.08 Å². The zero-order valence-corrected chi connectivity index (χ0v) is 16.4. The van der Waals surface area contributed by atoms with Crippen molar-refractivity contribution in [3.63, 3.8) is 0 Å². The SMILES string of the molecule is COc1cc(/C=C/C(=O)OCC(=O)N[C@](C)(C#N)C(C)C)cc2c1OCCO2. The molecule has 0 unspecified atom stereocenters. The van der Waals surface area contributed by atoms with Crippen molar-refractivity contribution in [2.75, 3.05) is 26.9 Å². The summed E-state index contributed by atoms with van der Waals surface area (Å²) in [5, 5.41) is 11.8. The quantitative estimate of drug-likeness (QED) is 0.563. The number of nitrogens with zero attached hydrogens (tertiary/aromatic N) is 1. The zero-order valence-electron chi connectivity index (χ0n) is 16.4. The third-order valence-electron chi connectivity index (χ3n) is 4.39. The highest BCUT2D eigenvalue weighted by Crippen LogP contribution is 2.40. The number of benzene rings is 1. The molecule has 0 spiro atoms. The maximum atomic E-state index is 11.9. The lowest BCUT2D eigenvalue weighted by molar-refractivity contribution is -0.144. The largest absolute Gasteiger partial charge is 0.493 e. The van der Waals surface area contributed by atoms with E-state index in [1.165, 1.54) is 19.3 Å². The number of carbonyl (C=O) groups is 2. The van der Waals surface area contributed by atoms with Crippen molar-refractivity contribution in [1.29, 1.82) is 5.26 Å². The van der Waals surface area contributed by atoms with Crippen LogP contribution in [0.1, 0.15) is 26.3 Å². The van der Waals surface area contributed by atoms with Crippen molar-refractivity contribution in [1.82, 2.24) is 5.32 Å². The summed E-state index contributed by atoms with van der Waals surface area (Å²) in [4.78, 5) is 23.8. The van der Waals surface area contributed by atoms with Gasteiger partial charge in [-0.25, -0.2) is 4.79 Å². The van der Waals surface area contributed by atoms with E-state index in [4.69, 9.17) is 18.9 Å². The molecular weight excluding hydrogens is 364 g/mol. The van der Waals surface area contributed by atoms with E-state index in [0.29, 0.717) is 36.0 Å². The molecule has 0 saturated carbocycles. The molecule has 8 heteroatoms. The molecule has 1 aromatic rings. The third kappa shape index (κ3) is 5.16. The van der Waals surface area contributed by atoms with Crippen LogP contribution in [0.2, 0.25) is 0 Å². The van der Waals surface area contributed by atoms with Crippen molar-refractivity contribution in [3.8, 4) is 23.3 Å². The Balaban J connectivity index is 1.95. The highest BCUT2D eigenvalue weighted by molar-refractivity contribution is 5.89. The molecule has 0 aromatic heterocycles. The number of amides is 1. The van der Waals surface area contributed by atoms with Crippen LogP contribution in [-0.2, 0) is 14.3 Å². The van der Waals surface area contributed by atoms with Gasteiger partial charge in [0.1, 0.15) is 18.8 Å². The van der Waals surface area contributed by atoms with E-state index in [2.05, 4.69) is 11.4 Å². The fraction of sp³-hybridized carbons (Fsp3) is 0.450. The van der Waals surface area contributed by atoms with Gasteiger partial charge >= 0.3 is 5.97 Å². The second-order valence-corrected chi connectivity index (χ2v) is 6.71. The summed E-state index contributed by atoms with van der Waals surface area (Å²) in [5.74, 6) is 0.224. The second-order valence-electron chi connectivity index (χ2n) is 6.71. The van der Waals surface area contributed by atoms with Crippen molar-refractivity contribution in [2.45, 2.75) is 26.3 Å². The molecule has 1 aliphatic heterocycles. The number of hydrogen-bond donors (Lipinski definition) is 1. The van der Waals surface area contributed by atoms with Crippen LogP contribution in [0.3, 0.4) is 0 Å². The normalized spacial score (nSPS) is 14.9. The Hall–Kier alpha value is -3.21. The summed E-state index contributed by atoms with van der Waals surface area (Å²) < 4.78 is 21.3. The Bertz CT molecular complexity index is 794. The van der Waals surface area contributed by atoms with Crippen molar-refractivity contribution in [2.24, 2.45) is 5.92 Å². The number of methoxy groups -OCH3 is 1. The second kappa shape index (κ2) is 9.13. The van der Waals surface area contributed by atoms with Gasteiger partial charge in [-0.3, -0.25) is 4.79 Å². The molecule has 0 bridgehead atoms. The molecule has 0 saturated heterocycles. The lowest BCUT2D eigenvalue weighted by Crippen LogP contribution is -2.50. The third-order valence-corrected chi connectivity index (χ3v) is 4.39. The molecule has 0 fully saturated rings. The van der Waals surface area contributed by atoms with Crippen molar-refractivity contribution >= 4 is 18.0 Å². The first-order chi connectivity index (χ1) is 13.3. The molecule has 0 radical (unpaired) electrons. The Morgan fingerprint density at radius 2 is 2.07 bits per heavy atom. The smallest absolute Gasteiger partial charge is 0.331 e. The number of esters is 1. The van der Waals surface area contributed by atoms with Crippen LogP contribution >= 0.6 is 0 Å². The molecular formula is C20H24N2O6. The topological polar surface area (TPSA) is 107 Å². The maximum Gasteiger partial charge on any atom is 0.331 e. The minimum Gasteiger partial charge on any atom is -0.493 e. The van der Waals surface area contributed by atoms with Crippen LogP contribution in [0.15, 0.2) is 18.2 Å². The standard InChI is InChI=1S/C20H24N2O6/c1-13(2)20(3,12-21)22-17(23)11-28-18(24)6-5-14-9-15(25-4)19-16(10-14)26-7-8-27-19/h5-6,9-10,13H,7-8,11H2,1-4H3,(H,22,23)/b6-5+/t20-/m1/s1. The number of ether oxygens (including phenoxy) is 4. The number of nitriles is 1. The highest BCUT2D eigenvalue weighted by atomic mass is 16.6. The molecule has 2 rings (SSSR count). The van der Waals surface area contributed by atoms with Crippen LogP contribution in [0.4, 0.5) is 0 Å². The maximum absolute atomic E-state index is 11.9. The van der Waals surface area contributed by atoms with Crippen molar-refractivity contribution < 1.29 is 28.5 Å². The summed E-state index contributed by atoms with van der Waals surface area (Å²) in [6.45, 7) is 5.65. The van der Waals surface area contributed by atoms with E-state index < -0.39 is 24.0 Å². The summed E-state index contributed by atoms with van der Waals surface area (Å²) in [6, 6.07) is 5.47. The first-order valence-electron chi connectivity index (χ1n) is 8.83. The van der Waals surface area contributed by atoms with Gasteiger partial charge in [-0.05, 0) is 36.6 Å². The number of nitrogens with one attached hydrogen (secondary N) is 1. The van der Waals surface area contributed by atoms with Crippen molar-refractivity contribution in [3.05, 3.63) is 23.8 Å². The monoisotopic (exact) mass is 388 g/mol. The van der Waals surface area contributed by atoms with Crippen LogP contribution in [0.5, 0.6) is 17.2 Å². The van der Waals surface area contributed by atoms with Gasteiger partial charge in [-0.1, -0.05) is 13.8 Å². The summed E-state index contributed by atoms with van der Waals surface area (Å²) >= 11 is 0. The zero-order chi connectivity index (χ0) is 20.7. The molecule has 1 aromatic carbocycles. The average molecular weight is 388 g/mol. The number of carbonyl (C=O) groups excluding carboxylic acids is 2. The molecule has 28 heavy (non-hydrogen) atoms. The first-order valence-corrected chi connectivity index (χ1v) is 8.83. The van der Waals surface area contributed by atoms with Gasteiger partial charge in [0.25, 0.3) is 5.91 Å². The lowest BCUT2D eigenvalue weighted by Gasteiger charge is -2.27. The van der Waals surface area contributed by atoms with E-state index in [0.717, 1.165) is 0 Å². The fourth-order valence-electron chi connectivity index (χ4n) is 2.37. The van der Waals surface area contributed by atoms with E-state index in [1.54, 1.807) is 19.1 Å². The first kappa shape index (κ1) is 21.1. The molecule has 1 N–H and O–H groups in total. The summed E-state index contributed by atoms with van der Waals surface area (Å²) in [7, 11) is 1.51. The minimum absolute atomic E-state index is 0.0952. The van der Waals surface area contributed by atoms with E-state index in [-0.39, 0.29) is 5.92 Å². The number of rotatable bonds is 7. The van der Waals surface area contributed by atoms with Gasteiger partial charge in [0, 0.05) is 6.08 Å². The summed E-state index contributed by atoms with van der Waals surface area (Å²) in [6.07, 6.45) is 2.72. The number of fused-ring (bicyclic) bond motifs is 1. The van der Waals surface area contributed by atoms with Gasteiger partial charge in [-0.15, -0.1) is 0 Å². The lowest BCUT2D eigenvalue weighted by atomic mass is 9.90. The van der Waals surface area contributed by atoms with E-state index in [1.807, 2.05) is 13.8 Å². The predicted octanol–water partition coefficient (Wildman–Crippen LogP) is 2.08. The highest BCUT2D eigenvalue weighted by Gasteiger charge is 2.30. The molecule has 150 valence electrons. The van der Waals surface area contributed by atoms with E-state index in [9.17, 15) is 14.9 Å². The number of hydrogen-bond acceptors (Lipinski definition) is 7. The fourth-order valence-corrected chi connectivity index (χ4v) is 2.37. The van der Waals surface area contributed by atoms with Gasteiger partial charge < -0.3 is 24.3 Å². The molecule has 1 atom stereocenters. The van der Waals surface area contributed by atoms with Gasteiger partial charge in [0.15, 0.2) is 18.1 Å². The Morgan fingerprint density at radius 3 is 2.71 bits per heavy atom. The minimum atomic E-state index is -1.03. The molecule has 1 amide bonds. The van der Waals surface area contributed by atoms with Gasteiger partial charge in [0.05, 0.1) is 13.2 Å².